The van der Waals surface area contributed by atoms with Crippen molar-refractivity contribution in [2.45, 2.75) is 44.2 Å². The molecule has 4 aromatic rings. The van der Waals surface area contributed by atoms with E-state index < -0.39 is 5.60 Å². The second-order valence-corrected chi connectivity index (χ2v) is 8.17. The van der Waals surface area contributed by atoms with Crippen LogP contribution in [0, 0.1) is 0 Å². The number of aromatic nitrogens is 5. The Morgan fingerprint density at radius 1 is 1.17 bits per heavy atom. The zero-order valence-electron chi connectivity index (χ0n) is 17.0. The number of benzene rings is 1. The summed E-state index contributed by atoms with van der Waals surface area (Å²) in [7, 11) is 1.61. The van der Waals surface area contributed by atoms with Gasteiger partial charge in [-0.2, -0.15) is 0 Å². The second kappa shape index (κ2) is 7.21. The van der Waals surface area contributed by atoms with Gasteiger partial charge in [0.25, 0.3) is 0 Å². The number of hydrogen-bond donors (Lipinski definition) is 2. The molecular formula is C22H24N6O2. The van der Waals surface area contributed by atoms with E-state index in [2.05, 4.69) is 25.4 Å². The first kappa shape index (κ1) is 18.7. The SMILES string of the molecule is COc1ncnc2ccc(-c3ccn4nc(NC5CCC(C)(O)CC5)ncc34)cc12. The van der Waals surface area contributed by atoms with Crippen molar-refractivity contribution in [3.63, 3.8) is 0 Å². The molecule has 0 unspecified atom stereocenters. The summed E-state index contributed by atoms with van der Waals surface area (Å²) in [5, 5.41) is 19.0. The number of anilines is 1. The van der Waals surface area contributed by atoms with E-state index in [1.165, 1.54) is 6.33 Å². The number of hydrogen-bond acceptors (Lipinski definition) is 7. The minimum Gasteiger partial charge on any atom is -0.480 e. The van der Waals surface area contributed by atoms with E-state index in [-0.39, 0.29) is 6.04 Å². The van der Waals surface area contributed by atoms with Crippen LogP contribution in [0.5, 0.6) is 5.88 Å². The Hall–Kier alpha value is -3.26. The van der Waals surface area contributed by atoms with Gasteiger partial charge in [-0.1, -0.05) is 6.07 Å². The normalized spacial score (nSPS) is 21.8. The predicted molar refractivity (Wildman–Crippen MR) is 115 cm³/mol. The van der Waals surface area contributed by atoms with Crippen LogP contribution in [0.15, 0.2) is 43.0 Å². The molecular weight excluding hydrogens is 380 g/mol. The number of ether oxygens (including phenoxy) is 1. The number of nitrogens with one attached hydrogen (secondary N) is 1. The average molecular weight is 404 g/mol. The minimum absolute atomic E-state index is 0.283. The maximum atomic E-state index is 10.1. The third-order valence-electron chi connectivity index (χ3n) is 5.92. The van der Waals surface area contributed by atoms with Crippen molar-refractivity contribution in [2.75, 3.05) is 12.4 Å². The molecule has 1 fully saturated rings. The van der Waals surface area contributed by atoms with Crippen LogP contribution in [-0.2, 0) is 0 Å². The monoisotopic (exact) mass is 404 g/mol. The van der Waals surface area contributed by atoms with E-state index in [0.29, 0.717) is 11.8 Å². The maximum Gasteiger partial charge on any atom is 0.241 e. The third kappa shape index (κ3) is 3.43. The molecule has 3 heterocycles. The van der Waals surface area contributed by atoms with Crippen LogP contribution in [-0.4, -0.2) is 48.4 Å². The van der Waals surface area contributed by atoms with E-state index >= 15 is 0 Å². The van der Waals surface area contributed by atoms with Crippen molar-refractivity contribution < 1.29 is 9.84 Å². The van der Waals surface area contributed by atoms with Crippen molar-refractivity contribution >= 4 is 22.4 Å². The Morgan fingerprint density at radius 2 is 2.00 bits per heavy atom. The third-order valence-corrected chi connectivity index (χ3v) is 5.92. The minimum atomic E-state index is -0.550. The molecule has 0 bridgehead atoms. The van der Waals surface area contributed by atoms with Crippen LogP contribution in [0.25, 0.3) is 27.5 Å². The van der Waals surface area contributed by atoms with Crippen LogP contribution < -0.4 is 10.1 Å². The van der Waals surface area contributed by atoms with Gasteiger partial charge in [0, 0.05) is 17.8 Å². The summed E-state index contributed by atoms with van der Waals surface area (Å²) in [5.41, 5.74) is 3.26. The van der Waals surface area contributed by atoms with E-state index in [9.17, 15) is 5.11 Å². The van der Waals surface area contributed by atoms with Crippen molar-refractivity contribution in [1.29, 1.82) is 0 Å². The Bertz CT molecular complexity index is 1210. The molecule has 1 aromatic carbocycles. The van der Waals surface area contributed by atoms with Gasteiger partial charge in [0.1, 0.15) is 6.33 Å². The van der Waals surface area contributed by atoms with Gasteiger partial charge in [0.2, 0.25) is 11.8 Å². The highest BCUT2D eigenvalue weighted by atomic mass is 16.5. The largest absolute Gasteiger partial charge is 0.480 e. The Balaban J connectivity index is 1.44. The van der Waals surface area contributed by atoms with Crippen molar-refractivity contribution in [2.24, 2.45) is 0 Å². The number of aliphatic hydroxyl groups is 1. The molecule has 3 aromatic heterocycles. The first-order valence-corrected chi connectivity index (χ1v) is 10.1. The lowest BCUT2D eigenvalue weighted by Gasteiger charge is -2.33. The average Bonchev–Trinajstić information content (AvgIpc) is 3.17. The maximum absolute atomic E-state index is 10.1. The van der Waals surface area contributed by atoms with Crippen LogP contribution in [0.3, 0.4) is 0 Å². The standard InChI is InChI=1S/C22H24N6O2/c1-22(29)8-5-15(6-9-22)26-21-23-12-19-16(7-10-28(19)27-21)14-3-4-18-17(11-14)20(30-2)25-13-24-18/h3-4,7,10-13,15,29H,5-6,8-9H2,1-2H3,(H,26,27). The van der Waals surface area contributed by atoms with Gasteiger partial charge in [-0.25, -0.2) is 19.5 Å². The first-order valence-electron chi connectivity index (χ1n) is 10.1. The fourth-order valence-electron chi connectivity index (χ4n) is 4.14. The quantitative estimate of drug-likeness (QED) is 0.538. The molecule has 1 aliphatic carbocycles. The predicted octanol–water partition coefficient (Wildman–Crippen LogP) is 3.45. The molecule has 2 N–H and O–H groups in total. The lowest BCUT2D eigenvalue weighted by Crippen LogP contribution is -2.36. The van der Waals surface area contributed by atoms with E-state index in [1.807, 2.05) is 48.1 Å². The summed E-state index contributed by atoms with van der Waals surface area (Å²) < 4.78 is 7.22. The fraction of sp³-hybridized carbons (Fsp3) is 0.364. The van der Waals surface area contributed by atoms with Crippen molar-refractivity contribution in [3.05, 3.63) is 43.0 Å². The summed E-state index contributed by atoms with van der Waals surface area (Å²) in [6, 6.07) is 8.34. The van der Waals surface area contributed by atoms with Crippen LogP contribution in [0.1, 0.15) is 32.6 Å². The Morgan fingerprint density at radius 3 is 2.80 bits per heavy atom. The zero-order valence-corrected chi connectivity index (χ0v) is 17.0. The van der Waals surface area contributed by atoms with Crippen molar-refractivity contribution in [3.8, 4) is 17.0 Å². The van der Waals surface area contributed by atoms with E-state index in [1.54, 1.807) is 7.11 Å². The highest BCUT2D eigenvalue weighted by Gasteiger charge is 2.28. The molecule has 0 amide bonds. The van der Waals surface area contributed by atoms with Gasteiger partial charge in [0.05, 0.1) is 35.3 Å². The van der Waals surface area contributed by atoms with Gasteiger partial charge in [-0.3, -0.25) is 0 Å². The number of fused-ring (bicyclic) bond motifs is 2. The van der Waals surface area contributed by atoms with Gasteiger partial charge >= 0.3 is 0 Å². The first-order chi connectivity index (χ1) is 14.5. The molecule has 0 atom stereocenters. The molecule has 1 saturated carbocycles. The molecule has 1 aliphatic rings. The fourth-order valence-corrected chi connectivity index (χ4v) is 4.14. The summed E-state index contributed by atoms with van der Waals surface area (Å²) in [6.07, 6.45) is 8.67. The lowest BCUT2D eigenvalue weighted by molar-refractivity contribution is 0.0195. The molecule has 0 saturated heterocycles. The Labute approximate surface area is 174 Å². The van der Waals surface area contributed by atoms with Gasteiger partial charge in [-0.05, 0) is 56.4 Å². The van der Waals surface area contributed by atoms with Crippen LogP contribution in [0.4, 0.5) is 5.95 Å². The molecule has 154 valence electrons. The lowest BCUT2D eigenvalue weighted by atomic mass is 9.84. The summed E-state index contributed by atoms with van der Waals surface area (Å²) in [4.78, 5) is 13.0. The van der Waals surface area contributed by atoms with Gasteiger partial charge in [-0.15, -0.1) is 5.10 Å². The van der Waals surface area contributed by atoms with E-state index in [0.717, 1.165) is 53.2 Å². The number of rotatable bonds is 4. The molecule has 8 nitrogen and oxygen atoms in total. The molecule has 0 aliphatic heterocycles. The molecule has 0 radical (unpaired) electrons. The van der Waals surface area contributed by atoms with Gasteiger partial charge < -0.3 is 15.2 Å². The zero-order chi connectivity index (χ0) is 20.7. The topological polar surface area (TPSA) is 97.5 Å². The van der Waals surface area contributed by atoms with Crippen molar-refractivity contribution in [1.82, 2.24) is 24.6 Å². The second-order valence-electron chi connectivity index (χ2n) is 8.17. The van der Waals surface area contributed by atoms with E-state index in [4.69, 9.17) is 4.74 Å². The molecule has 8 heteroatoms. The summed E-state index contributed by atoms with van der Waals surface area (Å²) >= 11 is 0. The van der Waals surface area contributed by atoms with Crippen LogP contribution in [0.2, 0.25) is 0 Å². The van der Waals surface area contributed by atoms with Crippen LogP contribution >= 0.6 is 0 Å². The summed E-state index contributed by atoms with van der Waals surface area (Å²) in [5.74, 6) is 1.16. The smallest absolute Gasteiger partial charge is 0.241 e. The number of nitrogens with zero attached hydrogens (tertiary/aromatic N) is 5. The highest BCUT2D eigenvalue weighted by Crippen LogP contribution is 2.31. The molecule has 30 heavy (non-hydrogen) atoms. The highest BCUT2D eigenvalue weighted by molar-refractivity contribution is 5.91. The molecule has 0 spiro atoms. The van der Waals surface area contributed by atoms with Gasteiger partial charge in [0.15, 0.2) is 0 Å². The Kier molecular flexibility index (Phi) is 4.51. The number of methoxy groups -OCH3 is 1. The molecule has 5 rings (SSSR count). The summed E-state index contributed by atoms with van der Waals surface area (Å²) in [6.45, 7) is 1.90.